The fraction of sp³-hybridized carbons (Fsp3) is 0.160. The number of anilines is 2. The Morgan fingerprint density at radius 2 is 1.77 bits per heavy atom. The molecular weight excluding hydrogens is 386 g/mol. The molecule has 154 valence electrons. The number of benzene rings is 2. The van der Waals surface area contributed by atoms with Crippen molar-refractivity contribution in [3.05, 3.63) is 95.3 Å². The molecule has 0 saturated heterocycles. The Morgan fingerprint density at radius 3 is 2.55 bits per heavy atom. The maximum Gasteiger partial charge on any atom is 0.253 e. The van der Waals surface area contributed by atoms with E-state index in [1.807, 2.05) is 84.7 Å². The first-order valence-electron chi connectivity index (χ1n) is 10.4. The molecule has 1 aliphatic rings. The Morgan fingerprint density at radius 1 is 1.03 bits per heavy atom. The molecule has 2 aromatic carbocycles. The molecule has 4 aromatic rings. The highest BCUT2D eigenvalue weighted by molar-refractivity contribution is 5.98. The van der Waals surface area contributed by atoms with E-state index in [1.54, 1.807) is 0 Å². The van der Waals surface area contributed by atoms with E-state index in [4.69, 9.17) is 4.98 Å². The molecule has 1 aliphatic carbocycles. The average Bonchev–Trinajstić information content (AvgIpc) is 3.16. The molecule has 2 heterocycles. The quantitative estimate of drug-likeness (QED) is 0.517. The van der Waals surface area contributed by atoms with Crippen LogP contribution in [0.5, 0.6) is 0 Å². The Hall–Kier alpha value is -3.93. The second kappa shape index (κ2) is 8.07. The van der Waals surface area contributed by atoms with Gasteiger partial charge in [-0.15, -0.1) is 0 Å². The molecule has 1 amide bonds. The van der Waals surface area contributed by atoms with Crippen molar-refractivity contribution < 1.29 is 4.79 Å². The number of rotatable bonds is 5. The summed E-state index contributed by atoms with van der Waals surface area (Å²) in [6.07, 6.45) is 5.41. The largest absolute Gasteiger partial charge is 0.348 e. The van der Waals surface area contributed by atoms with Crippen LogP contribution in [0.25, 0.3) is 11.4 Å². The van der Waals surface area contributed by atoms with Gasteiger partial charge in [0.15, 0.2) is 0 Å². The molecule has 0 bridgehead atoms. The number of carbonyl (C=O) groups excluding carboxylic acids is 1. The van der Waals surface area contributed by atoms with Crippen molar-refractivity contribution in [2.75, 3.05) is 5.32 Å². The van der Waals surface area contributed by atoms with Crippen LogP contribution >= 0.6 is 0 Å². The van der Waals surface area contributed by atoms with Gasteiger partial charge in [-0.1, -0.05) is 48.5 Å². The normalized spacial score (nSPS) is 12.0. The molecule has 2 aromatic heterocycles. The molecule has 0 spiro atoms. The Kier molecular flexibility index (Phi) is 4.96. The third kappa shape index (κ3) is 3.80. The first-order chi connectivity index (χ1) is 15.2. The van der Waals surface area contributed by atoms with Gasteiger partial charge in [-0.2, -0.15) is 0 Å². The maximum absolute atomic E-state index is 13.0. The van der Waals surface area contributed by atoms with Crippen molar-refractivity contribution in [2.24, 2.45) is 7.05 Å². The van der Waals surface area contributed by atoms with Crippen LogP contribution < -0.4 is 10.6 Å². The first kappa shape index (κ1) is 19.1. The molecule has 6 nitrogen and oxygen atoms in total. The van der Waals surface area contributed by atoms with E-state index in [9.17, 15) is 4.79 Å². The Bertz CT molecular complexity index is 1230. The van der Waals surface area contributed by atoms with Gasteiger partial charge in [0.1, 0.15) is 0 Å². The van der Waals surface area contributed by atoms with E-state index >= 15 is 0 Å². The van der Waals surface area contributed by atoms with Crippen LogP contribution in [-0.2, 0) is 26.4 Å². The van der Waals surface area contributed by atoms with Crippen molar-refractivity contribution in [3.63, 3.8) is 0 Å². The van der Waals surface area contributed by atoms with Gasteiger partial charge in [-0.25, -0.2) is 9.97 Å². The number of para-hydroxylation sites is 1. The highest BCUT2D eigenvalue weighted by atomic mass is 16.1. The minimum absolute atomic E-state index is 0.0548. The third-order valence-electron chi connectivity index (χ3n) is 5.59. The van der Waals surface area contributed by atoms with Gasteiger partial charge in [0, 0.05) is 31.7 Å². The molecule has 0 unspecified atom stereocenters. The number of nitrogens with one attached hydrogen (secondary N) is 2. The SMILES string of the molecule is Cn1cc(C(=O)NCc2ccccc2)c2c1-c1nc(Nc3ccccc3)ncc1CC2. The molecule has 0 atom stereocenters. The van der Waals surface area contributed by atoms with Crippen LogP contribution in [-0.4, -0.2) is 20.4 Å². The summed E-state index contributed by atoms with van der Waals surface area (Å²) >= 11 is 0. The predicted molar refractivity (Wildman–Crippen MR) is 121 cm³/mol. The molecule has 6 heteroatoms. The highest BCUT2D eigenvalue weighted by Crippen LogP contribution is 2.35. The minimum Gasteiger partial charge on any atom is -0.348 e. The van der Waals surface area contributed by atoms with E-state index in [-0.39, 0.29) is 5.91 Å². The van der Waals surface area contributed by atoms with E-state index in [0.29, 0.717) is 12.5 Å². The molecule has 31 heavy (non-hydrogen) atoms. The topological polar surface area (TPSA) is 71.8 Å². The summed E-state index contributed by atoms with van der Waals surface area (Å²) in [7, 11) is 1.97. The summed E-state index contributed by atoms with van der Waals surface area (Å²) in [4.78, 5) is 22.2. The average molecular weight is 409 g/mol. The summed E-state index contributed by atoms with van der Waals surface area (Å²) < 4.78 is 2.00. The summed E-state index contributed by atoms with van der Waals surface area (Å²) in [5, 5.41) is 6.31. The van der Waals surface area contributed by atoms with Crippen LogP contribution in [0.2, 0.25) is 0 Å². The zero-order valence-corrected chi connectivity index (χ0v) is 17.3. The lowest BCUT2D eigenvalue weighted by atomic mass is 9.92. The maximum atomic E-state index is 13.0. The zero-order valence-electron chi connectivity index (χ0n) is 17.3. The van der Waals surface area contributed by atoms with E-state index in [1.165, 1.54) is 0 Å². The van der Waals surface area contributed by atoms with Crippen molar-refractivity contribution in [2.45, 2.75) is 19.4 Å². The van der Waals surface area contributed by atoms with Crippen LogP contribution in [0.3, 0.4) is 0 Å². The number of aryl methyl sites for hydroxylation is 2. The van der Waals surface area contributed by atoms with Crippen LogP contribution in [0.1, 0.15) is 27.0 Å². The van der Waals surface area contributed by atoms with Gasteiger partial charge >= 0.3 is 0 Å². The van der Waals surface area contributed by atoms with Gasteiger partial charge < -0.3 is 15.2 Å². The molecular formula is C25H23N5O. The van der Waals surface area contributed by atoms with E-state index in [0.717, 1.165) is 52.2 Å². The van der Waals surface area contributed by atoms with Crippen molar-refractivity contribution >= 4 is 17.5 Å². The van der Waals surface area contributed by atoms with E-state index < -0.39 is 0 Å². The fourth-order valence-electron chi connectivity index (χ4n) is 4.07. The molecule has 5 rings (SSSR count). The van der Waals surface area contributed by atoms with Crippen molar-refractivity contribution in [3.8, 4) is 11.4 Å². The fourth-order valence-corrected chi connectivity index (χ4v) is 4.07. The van der Waals surface area contributed by atoms with Crippen molar-refractivity contribution in [1.82, 2.24) is 19.9 Å². The summed E-state index contributed by atoms with van der Waals surface area (Å²) in [6, 6.07) is 19.8. The predicted octanol–water partition coefficient (Wildman–Crippen LogP) is 4.25. The first-order valence-corrected chi connectivity index (χ1v) is 10.4. The standard InChI is InChI=1S/C25H23N5O/c1-30-16-21(24(31)26-14-17-8-4-2-5-9-17)20-13-12-18-15-27-25(29-22(18)23(20)30)28-19-10-6-3-7-11-19/h2-11,15-16H,12-14H2,1H3,(H,26,31)(H,27,28,29). The number of carbonyl (C=O) groups is 1. The van der Waals surface area contributed by atoms with Crippen LogP contribution in [0, 0.1) is 0 Å². The van der Waals surface area contributed by atoms with Gasteiger partial charge in [0.25, 0.3) is 5.91 Å². The molecule has 0 fully saturated rings. The summed E-state index contributed by atoms with van der Waals surface area (Å²) in [5.41, 5.74) is 6.76. The van der Waals surface area contributed by atoms with Gasteiger partial charge in [0.2, 0.25) is 5.95 Å². The Labute approximate surface area is 181 Å². The highest BCUT2D eigenvalue weighted by Gasteiger charge is 2.27. The molecule has 2 N–H and O–H groups in total. The second-order valence-corrected chi connectivity index (χ2v) is 7.71. The number of nitrogens with zero attached hydrogens (tertiary/aromatic N) is 3. The zero-order chi connectivity index (χ0) is 21.2. The number of hydrogen-bond acceptors (Lipinski definition) is 4. The lowest BCUT2D eigenvalue weighted by Crippen LogP contribution is -2.24. The minimum atomic E-state index is -0.0548. The number of hydrogen-bond donors (Lipinski definition) is 2. The lowest BCUT2D eigenvalue weighted by Gasteiger charge is -2.18. The summed E-state index contributed by atoms with van der Waals surface area (Å²) in [6.45, 7) is 0.507. The van der Waals surface area contributed by atoms with Gasteiger partial charge in [-0.05, 0) is 41.7 Å². The van der Waals surface area contributed by atoms with E-state index in [2.05, 4.69) is 15.6 Å². The molecule has 0 aliphatic heterocycles. The lowest BCUT2D eigenvalue weighted by molar-refractivity contribution is 0.0950. The smallest absolute Gasteiger partial charge is 0.253 e. The number of amides is 1. The molecule has 0 saturated carbocycles. The number of aromatic nitrogens is 3. The second-order valence-electron chi connectivity index (χ2n) is 7.71. The third-order valence-corrected chi connectivity index (χ3v) is 5.59. The summed E-state index contributed by atoms with van der Waals surface area (Å²) in [5.74, 6) is 0.495. The van der Waals surface area contributed by atoms with Crippen molar-refractivity contribution in [1.29, 1.82) is 0 Å². The monoisotopic (exact) mass is 409 g/mol. The van der Waals surface area contributed by atoms with Crippen LogP contribution in [0.15, 0.2) is 73.1 Å². The Balaban J connectivity index is 1.43. The number of fused-ring (bicyclic) bond motifs is 3. The van der Waals surface area contributed by atoms with Gasteiger partial charge in [0.05, 0.1) is 17.0 Å². The van der Waals surface area contributed by atoms with Gasteiger partial charge in [-0.3, -0.25) is 4.79 Å². The van der Waals surface area contributed by atoms with Crippen LogP contribution in [0.4, 0.5) is 11.6 Å². The molecule has 0 radical (unpaired) electrons.